The first-order valence-corrected chi connectivity index (χ1v) is 5.11. The minimum atomic E-state index is 0.732. The maximum Gasteiger partial charge on any atom is 0.125 e. The van der Waals surface area contributed by atoms with E-state index in [9.17, 15) is 0 Å². The molecule has 78 valence electrons. The van der Waals surface area contributed by atoms with Crippen LogP contribution >= 0.6 is 11.6 Å². The lowest BCUT2D eigenvalue weighted by Gasteiger charge is -2.10. The normalized spacial score (nSPS) is 10.3. The summed E-state index contributed by atoms with van der Waals surface area (Å²) in [5.41, 5.74) is 1.01. The average molecular weight is 222 g/mol. The van der Waals surface area contributed by atoms with Gasteiger partial charge in [-0.1, -0.05) is 17.7 Å². The molecule has 1 heterocycles. The van der Waals surface area contributed by atoms with E-state index in [1.165, 1.54) is 0 Å². The van der Waals surface area contributed by atoms with Gasteiger partial charge in [0.2, 0.25) is 0 Å². The molecular weight excluding hydrogens is 210 g/mol. The third-order valence-corrected chi connectivity index (χ3v) is 2.66. The van der Waals surface area contributed by atoms with Gasteiger partial charge >= 0.3 is 0 Å². The molecule has 15 heavy (non-hydrogen) atoms. The van der Waals surface area contributed by atoms with Gasteiger partial charge in [-0.15, -0.1) is 0 Å². The Balaban J connectivity index is 2.34. The Hall–Kier alpha value is -1.41. The van der Waals surface area contributed by atoms with Crippen LogP contribution in [0.3, 0.4) is 0 Å². The minimum Gasteiger partial charge on any atom is -0.496 e. The largest absolute Gasteiger partial charge is 0.496 e. The molecule has 1 aromatic heterocycles. The van der Waals surface area contributed by atoms with Gasteiger partial charge in [-0.2, -0.15) is 0 Å². The number of hydrogen-bond acceptors (Lipinski definition) is 1. The molecule has 0 unspecified atom stereocenters. The lowest BCUT2D eigenvalue weighted by Crippen LogP contribution is -2.00. The summed E-state index contributed by atoms with van der Waals surface area (Å²) in [7, 11) is 1.66. The van der Waals surface area contributed by atoms with Crippen molar-refractivity contribution in [2.24, 2.45) is 0 Å². The maximum absolute atomic E-state index is 6.13. The summed E-state index contributed by atoms with van der Waals surface area (Å²) in [4.78, 5) is 0. The SMILES string of the molecule is COc1cccc(Cl)c1Cn1cccc1. The highest BCUT2D eigenvalue weighted by Crippen LogP contribution is 2.26. The van der Waals surface area contributed by atoms with Crippen molar-refractivity contribution in [3.8, 4) is 5.75 Å². The van der Waals surface area contributed by atoms with Crippen LogP contribution in [0.1, 0.15) is 5.56 Å². The summed E-state index contributed by atoms with van der Waals surface area (Å²) < 4.78 is 7.34. The molecule has 0 aliphatic carbocycles. The first-order chi connectivity index (χ1) is 7.31. The van der Waals surface area contributed by atoms with Crippen molar-refractivity contribution in [3.05, 3.63) is 53.3 Å². The van der Waals surface area contributed by atoms with Crippen molar-refractivity contribution in [1.29, 1.82) is 0 Å². The number of hydrogen-bond donors (Lipinski definition) is 0. The van der Waals surface area contributed by atoms with Gasteiger partial charge in [-0.05, 0) is 24.3 Å². The van der Waals surface area contributed by atoms with Crippen molar-refractivity contribution in [2.75, 3.05) is 7.11 Å². The van der Waals surface area contributed by atoms with E-state index in [0.717, 1.165) is 22.9 Å². The molecule has 0 N–H and O–H groups in total. The molecular formula is C12H12ClNO. The fourth-order valence-electron chi connectivity index (χ4n) is 1.54. The number of benzene rings is 1. The minimum absolute atomic E-state index is 0.732. The van der Waals surface area contributed by atoms with Crippen LogP contribution in [0, 0.1) is 0 Å². The van der Waals surface area contributed by atoms with Gasteiger partial charge in [0, 0.05) is 23.0 Å². The molecule has 0 saturated carbocycles. The van der Waals surface area contributed by atoms with Crippen LogP contribution < -0.4 is 4.74 Å². The second kappa shape index (κ2) is 4.41. The fourth-order valence-corrected chi connectivity index (χ4v) is 1.77. The topological polar surface area (TPSA) is 14.2 Å². The summed E-state index contributed by atoms with van der Waals surface area (Å²) >= 11 is 6.13. The average Bonchev–Trinajstić information content (AvgIpc) is 2.74. The Labute approximate surface area is 94.1 Å². The molecule has 0 amide bonds. The van der Waals surface area contributed by atoms with Crippen LogP contribution in [0.2, 0.25) is 5.02 Å². The summed E-state index contributed by atoms with van der Waals surface area (Å²) in [5.74, 6) is 0.830. The summed E-state index contributed by atoms with van der Waals surface area (Å²) in [6, 6.07) is 9.67. The Morgan fingerprint density at radius 3 is 2.60 bits per heavy atom. The Morgan fingerprint density at radius 2 is 1.93 bits per heavy atom. The molecule has 0 aliphatic heterocycles. The van der Waals surface area contributed by atoms with E-state index in [4.69, 9.17) is 16.3 Å². The summed E-state index contributed by atoms with van der Waals surface area (Å²) in [5, 5.41) is 0.739. The molecule has 0 spiro atoms. The Kier molecular flexibility index (Phi) is 2.97. The van der Waals surface area contributed by atoms with E-state index >= 15 is 0 Å². The first kappa shape index (κ1) is 10.1. The standard InChI is InChI=1S/C12H12ClNO/c1-15-12-6-4-5-11(13)10(12)9-14-7-2-3-8-14/h2-8H,9H2,1H3. The molecule has 2 aromatic rings. The molecule has 3 heteroatoms. The van der Waals surface area contributed by atoms with Crippen molar-refractivity contribution >= 4 is 11.6 Å². The lowest BCUT2D eigenvalue weighted by molar-refractivity contribution is 0.408. The zero-order valence-electron chi connectivity index (χ0n) is 8.48. The van der Waals surface area contributed by atoms with Crippen LogP contribution in [-0.4, -0.2) is 11.7 Å². The zero-order valence-corrected chi connectivity index (χ0v) is 9.24. The van der Waals surface area contributed by atoms with E-state index in [1.807, 2.05) is 42.7 Å². The quantitative estimate of drug-likeness (QED) is 0.777. The highest BCUT2D eigenvalue weighted by Gasteiger charge is 2.07. The predicted octanol–water partition coefficient (Wildman–Crippen LogP) is 3.20. The van der Waals surface area contributed by atoms with Crippen molar-refractivity contribution in [3.63, 3.8) is 0 Å². The molecule has 0 saturated heterocycles. The molecule has 1 aromatic carbocycles. The van der Waals surface area contributed by atoms with Gasteiger partial charge in [0.25, 0.3) is 0 Å². The van der Waals surface area contributed by atoms with Crippen LogP contribution in [0.25, 0.3) is 0 Å². The monoisotopic (exact) mass is 221 g/mol. The van der Waals surface area contributed by atoms with Gasteiger partial charge in [0.1, 0.15) is 5.75 Å². The first-order valence-electron chi connectivity index (χ1n) is 4.73. The van der Waals surface area contributed by atoms with Gasteiger partial charge < -0.3 is 9.30 Å². The van der Waals surface area contributed by atoms with Gasteiger partial charge in [0.15, 0.2) is 0 Å². The van der Waals surface area contributed by atoms with E-state index < -0.39 is 0 Å². The van der Waals surface area contributed by atoms with Crippen LogP contribution in [0.4, 0.5) is 0 Å². The van der Waals surface area contributed by atoms with Crippen molar-refractivity contribution in [2.45, 2.75) is 6.54 Å². The number of rotatable bonds is 3. The molecule has 0 atom stereocenters. The van der Waals surface area contributed by atoms with Crippen LogP contribution in [0.5, 0.6) is 5.75 Å². The van der Waals surface area contributed by atoms with Crippen molar-refractivity contribution in [1.82, 2.24) is 4.57 Å². The van der Waals surface area contributed by atoms with Gasteiger partial charge in [0.05, 0.1) is 13.7 Å². The number of ether oxygens (including phenoxy) is 1. The van der Waals surface area contributed by atoms with E-state index in [2.05, 4.69) is 4.57 Å². The van der Waals surface area contributed by atoms with E-state index in [0.29, 0.717) is 0 Å². The molecule has 0 fully saturated rings. The van der Waals surface area contributed by atoms with Crippen LogP contribution in [0.15, 0.2) is 42.7 Å². The lowest BCUT2D eigenvalue weighted by atomic mass is 10.2. The zero-order chi connectivity index (χ0) is 10.7. The highest BCUT2D eigenvalue weighted by molar-refractivity contribution is 6.31. The molecule has 2 rings (SSSR count). The second-order valence-corrected chi connectivity index (χ2v) is 3.68. The number of nitrogens with zero attached hydrogens (tertiary/aromatic N) is 1. The molecule has 0 bridgehead atoms. The molecule has 2 nitrogen and oxygen atoms in total. The second-order valence-electron chi connectivity index (χ2n) is 3.28. The highest BCUT2D eigenvalue weighted by atomic mass is 35.5. The fraction of sp³-hybridized carbons (Fsp3) is 0.167. The van der Waals surface area contributed by atoms with Crippen LogP contribution in [-0.2, 0) is 6.54 Å². The van der Waals surface area contributed by atoms with Gasteiger partial charge in [-0.25, -0.2) is 0 Å². The third-order valence-electron chi connectivity index (χ3n) is 2.30. The number of methoxy groups -OCH3 is 1. The Morgan fingerprint density at radius 1 is 1.20 bits per heavy atom. The maximum atomic E-state index is 6.13. The third kappa shape index (κ3) is 2.16. The summed E-state index contributed by atoms with van der Waals surface area (Å²) in [6.45, 7) is 0.732. The van der Waals surface area contributed by atoms with Crippen molar-refractivity contribution < 1.29 is 4.74 Å². The number of aromatic nitrogens is 1. The molecule has 0 radical (unpaired) electrons. The van der Waals surface area contributed by atoms with Gasteiger partial charge in [-0.3, -0.25) is 0 Å². The summed E-state index contributed by atoms with van der Waals surface area (Å²) in [6.07, 6.45) is 4.01. The number of halogens is 1. The predicted molar refractivity (Wildman–Crippen MR) is 61.5 cm³/mol. The van der Waals surface area contributed by atoms with E-state index in [-0.39, 0.29) is 0 Å². The Bertz CT molecular complexity index is 437. The molecule has 0 aliphatic rings. The van der Waals surface area contributed by atoms with E-state index in [1.54, 1.807) is 7.11 Å². The smallest absolute Gasteiger partial charge is 0.125 e.